The first-order valence-corrected chi connectivity index (χ1v) is 6.52. The zero-order chi connectivity index (χ0) is 12.8. The maximum atomic E-state index is 11.0. The molecule has 2 aromatic rings. The number of aldehydes is 1. The highest BCUT2D eigenvalue weighted by molar-refractivity contribution is 5.72. The Morgan fingerprint density at radius 1 is 1.11 bits per heavy atom. The van der Waals surface area contributed by atoms with E-state index in [2.05, 4.69) is 41.8 Å². The zero-order valence-electron chi connectivity index (χ0n) is 10.8. The first-order chi connectivity index (χ1) is 8.85. The topological polar surface area (TPSA) is 22.0 Å². The summed E-state index contributed by atoms with van der Waals surface area (Å²) >= 11 is 0. The molecule has 0 radical (unpaired) electrons. The van der Waals surface area contributed by atoms with Gasteiger partial charge in [0, 0.05) is 18.7 Å². The SMILES string of the molecule is CCCCn1c(C=O)ccc1Cc1ccccc1. The molecular formula is C16H19NO. The van der Waals surface area contributed by atoms with Crippen molar-refractivity contribution in [2.24, 2.45) is 0 Å². The molecular weight excluding hydrogens is 222 g/mol. The maximum Gasteiger partial charge on any atom is 0.166 e. The predicted molar refractivity (Wildman–Crippen MR) is 74.0 cm³/mol. The molecule has 0 aliphatic rings. The monoisotopic (exact) mass is 241 g/mol. The first-order valence-electron chi connectivity index (χ1n) is 6.52. The molecule has 0 fully saturated rings. The maximum absolute atomic E-state index is 11.0. The van der Waals surface area contributed by atoms with E-state index in [9.17, 15) is 4.79 Å². The van der Waals surface area contributed by atoms with E-state index in [0.717, 1.165) is 37.8 Å². The summed E-state index contributed by atoms with van der Waals surface area (Å²) in [5, 5.41) is 0. The number of benzene rings is 1. The van der Waals surface area contributed by atoms with Crippen LogP contribution < -0.4 is 0 Å². The van der Waals surface area contributed by atoms with Gasteiger partial charge in [-0.15, -0.1) is 0 Å². The minimum Gasteiger partial charge on any atom is -0.342 e. The molecule has 0 saturated carbocycles. The quantitative estimate of drug-likeness (QED) is 0.707. The number of hydrogen-bond acceptors (Lipinski definition) is 1. The average Bonchev–Trinajstić information content (AvgIpc) is 2.79. The van der Waals surface area contributed by atoms with Crippen molar-refractivity contribution in [1.82, 2.24) is 4.57 Å². The van der Waals surface area contributed by atoms with Crippen molar-refractivity contribution in [3.05, 3.63) is 59.4 Å². The van der Waals surface area contributed by atoms with E-state index in [1.165, 1.54) is 11.3 Å². The lowest BCUT2D eigenvalue weighted by molar-refractivity contribution is 0.111. The Bertz CT molecular complexity index is 499. The van der Waals surface area contributed by atoms with Gasteiger partial charge in [-0.1, -0.05) is 43.7 Å². The Morgan fingerprint density at radius 2 is 1.89 bits per heavy atom. The molecule has 0 amide bonds. The van der Waals surface area contributed by atoms with Crippen molar-refractivity contribution < 1.29 is 4.79 Å². The largest absolute Gasteiger partial charge is 0.342 e. The number of nitrogens with zero attached hydrogens (tertiary/aromatic N) is 1. The summed E-state index contributed by atoms with van der Waals surface area (Å²) in [5.41, 5.74) is 3.29. The van der Waals surface area contributed by atoms with Crippen LogP contribution in [-0.4, -0.2) is 10.9 Å². The lowest BCUT2D eigenvalue weighted by Gasteiger charge is -2.10. The molecule has 1 heterocycles. The average molecular weight is 241 g/mol. The van der Waals surface area contributed by atoms with E-state index in [-0.39, 0.29) is 0 Å². The number of carbonyl (C=O) groups excluding carboxylic acids is 1. The highest BCUT2D eigenvalue weighted by Gasteiger charge is 2.07. The molecule has 1 aromatic heterocycles. The Kier molecular flexibility index (Phi) is 4.35. The molecule has 0 unspecified atom stereocenters. The van der Waals surface area contributed by atoms with Gasteiger partial charge in [-0.2, -0.15) is 0 Å². The Morgan fingerprint density at radius 3 is 2.56 bits per heavy atom. The zero-order valence-corrected chi connectivity index (χ0v) is 10.8. The predicted octanol–water partition coefficient (Wildman–Crippen LogP) is 3.69. The molecule has 2 nitrogen and oxygen atoms in total. The highest BCUT2D eigenvalue weighted by Crippen LogP contribution is 2.14. The van der Waals surface area contributed by atoms with Gasteiger partial charge in [-0.25, -0.2) is 0 Å². The third-order valence-electron chi connectivity index (χ3n) is 3.19. The van der Waals surface area contributed by atoms with Gasteiger partial charge in [0.25, 0.3) is 0 Å². The van der Waals surface area contributed by atoms with Gasteiger partial charge < -0.3 is 4.57 Å². The summed E-state index contributed by atoms with van der Waals surface area (Å²) in [7, 11) is 0. The number of rotatable bonds is 6. The minimum atomic E-state index is 0.786. The molecule has 1 aromatic carbocycles. The van der Waals surface area contributed by atoms with Crippen LogP contribution in [0, 0.1) is 0 Å². The molecule has 0 atom stereocenters. The van der Waals surface area contributed by atoms with E-state index >= 15 is 0 Å². The number of hydrogen-bond donors (Lipinski definition) is 0. The fraction of sp³-hybridized carbons (Fsp3) is 0.312. The second-order valence-corrected chi connectivity index (χ2v) is 4.53. The standard InChI is InChI=1S/C16H19NO/c1-2-3-11-17-15(9-10-16(17)13-18)12-14-7-5-4-6-8-14/h4-10,13H,2-3,11-12H2,1H3. The van der Waals surface area contributed by atoms with E-state index < -0.39 is 0 Å². The third kappa shape index (κ3) is 2.89. The van der Waals surface area contributed by atoms with Crippen LogP contribution in [0.5, 0.6) is 0 Å². The molecule has 94 valence electrons. The lowest BCUT2D eigenvalue weighted by Crippen LogP contribution is -2.07. The van der Waals surface area contributed by atoms with Gasteiger partial charge in [0.2, 0.25) is 0 Å². The molecule has 0 aliphatic carbocycles. The van der Waals surface area contributed by atoms with Crippen LogP contribution in [0.15, 0.2) is 42.5 Å². The van der Waals surface area contributed by atoms with Crippen molar-refractivity contribution in [3.8, 4) is 0 Å². The van der Waals surface area contributed by atoms with Crippen molar-refractivity contribution in [3.63, 3.8) is 0 Å². The summed E-state index contributed by atoms with van der Waals surface area (Å²) in [5.74, 6) is 0. The first kappa shape index (κ1) is 12.6. The molecule has 18 heavy (non-hydrogen) atoms. The molecule has 0 aliphatic heterocycles. The van der Waals surface area contributed by atoms with Gasteiger partial charge in [-0.05, 0) is 24.1 Å². The summed E-state index contributed by atoms with van der Waals surface area (Å²) in [4.78, 5) is 11.0. The second kappa shape index (κ2) is 6.20. The van der Waals surface area contributed by atoms with Crippen LogP contribution in [-0.2, 0) is 13.0 Å². The van der Waals surface area contributed by atoms with Crippen LogP contribution in [0.4, 0.5) is 0 Å². The molecule has 2 heteroatoms. The fourth-order valence-electron chi connectivity index (χ4n) is 2.18. The van der Waals surface area contributed by atoms with Crippen molar-refractivity contribution in [2.45, 2.75) is 32.7 Å². The van der Waals surface area contributed by atoms with Crippen LogP contribution >= 0.6 is 0 Å². The molecule has 0 saturated heterocycles. The fourth-order valence-corrected chi connectivity index (χ4v) is 2.18. The van der Waals surface area contributed by atoms with E-state index in [1.807, 2.05) is 12.1 Å². The van der Waals surface area contributed by atoms with Crippen LogP contribution in [0.25, 0.3) is 0 Å². The van der Waals surface area contributed by atoms with Gasteiger partial charge >= 0.3 is 0 Å². The van der Waals surface area contributed by atoms with Crippen molar-refractivity contribution in [1.29, 1.82) is 0 Å². The van der Waals surface area contributed by atoms with Crippen molar-refractivity contribution in [2.75, 3.05) is 0 Å². The molecule has 0 N–H and O–H groups in total. The number of aromatic nitrogens is 1. The van der Waals surface area contributed by atoms with Crippen LogP contribution in [0.1, 0.15) is 41.5 Å². The van der Waals surface area contributed by atoms with Gasteiger partial charge in [0.1, 0.15) is 0 Å². The van der Waals surface area contributed by atoms with Crippen LogP contribution in [0.2, 0.25) is 0 Å². The third-order valence-corrected chi connectivity index (χ3v) is 3.19. The Balaban J connectivity index is 2.21. The van der Waals surface area contributed by atoms with E-state index in [1.54, 1.807) is 0 Å². The molecule has 2 rings (SSSR count). The molecule has 0 spiro atoms. The lowest BCUT2D eigenvalue weighted by atomic mass is 10.1. The number of carbonyl (C=O) groups is 1. The van der Waals surface area contributed by atoms with Gasteiger partial charge in [0.15, 0.2) is 6.29 Å². The summed E-state index contributed by atoms with van der Waals surface area (Å²) in [6.07, 6.45) is 4.08. The summed E-state index contributed by atoms with van der Waals surface area (Å²) in [6, 6.07) is 14.4. The Hall–Kier alpha value is -1.83. The normalized spacial score (nSPS) is 10.5. The van der Waals surface area contributed by atoms with Gasteiger partial charge in [-0.3, -0.25) is 4.79 Å². The van der Waals surface area contributed by atoms with E-state index in [0.29, 0.717) is 0 Å². The minimum absolute atomic E-state index is 0.786. The number of unbranched alkanes of at least 4 members (excludes halogenated alkanes) is 1. The van der Waals surface area contributed by atoms with Gasteiger partial charge in [0.05, 0.1) is 5.69 Å². The molecule has 0 bridgehead atoms. The summed E-state index contributed by atoms with van der Waals surface area (Å²) in [6.45, 7) is 3.10. The Labute approximate surface area is 108 Å². The van der Waals surface area contributed by atoms with E-state index in [4.69, 9.17) is 0 Å². The van der Waals surface area contributed by atoms with Crippen molar-refractivity contribution >= 4 is 6.29 Å². The summed E-state index contributed by atoms with van der Waals surface area (Å²) < 4.78 is 2.14. The highest BCUT2D eigenvalue weighted by atomic mass is 16.1. The van der Waals surface area contributed by atoms with Crippen LogP contribution in [0.3, 0.4) is 0 Å². The second-order valence-electron chi connectivity index (χ2n) is 4.53. The smallest absolute Gasteiger partial charge is 0.166 e.